The van der Waals surface area contributed by atoms with Crippen molar-refractivity contribution in [3.05, 3.63) is 190 Å². The molecule has 30 radical (unpaired) electrons. The van der Waals surface area contributed by atoms with Crippen molar-refractivity contribution in [2.45, 2.75) is 462 Å². The fourth-order valence-electron chi connectivity index (χ4n) is 12.0. The second-order valence-electron chi connectivity index (χ2n) is 39.7. The normalized spacial score (nSPS) is 10.8. The Morgan fingerprint density at radius 2 is 0.481 bits per heavy atom. The van der Waals surface area contributed by atoms with E-state index in [0.29, 0.717) is 111 Å². The van der Waals surface area contributed by atoms with E-state index in [2.05, 4.69) is 494 Å². The van der Waals surface area contributed by atoms with Gasteiger partial charge in [0.1, 0.15) is 0 Å². The molecule has 131 heavy (non-hydrogen) atoms. The lowest BCUT2D eigenvalue weighted by Gasteiger charge is -2.48. The molecule has 13 heteroatoms. The molecule has 0 unspecified atom stereocenters. The lowest BCUT2D eigenvalue weighted by atomic mass is 9.57. The molecule has 0 aliphatic heterocycles. The maximum Gasteiger partial charge on any atom is 0.0439 e. The molecule has 2 aromatic heterocycles. The molecule has 3 aromatic carbocycles. The number of hydrogen-bond acceptors (Lipinski definition) is 1. The molecule has 0 amide bonds. The van der Waals surface area contributed by atoms with Crippen molar-refractivity contribution >= 4 is 101 Å². The molecule has 3 nitrogen and oxygen atoms in total. The fourth-order valence-corrected chi connectivity index (χ4v) is 12.0. The van der Waals surface area contributed by atoms with Gasteiger partial charge in [-0.3, -0.25) is 4.99 Å². The monoisotopic (exact) mass is 1800 g/mol. The predicted octanol–water partition coefficient (Wildman–Crippen LogP) is 38.7. The summed E-state index contributed by atoms with van der Waals surface area (Å²) in [7, 11) is 0. The van der Waals surface area contributed by atoms with E-state index in [1.807, 2.05) is 6.21 Å². The Balaban J connectivity index is -0.0000000410. The van der Waals surface area contributed by atoms with Gasteiger partial charge in [0.25, 0.3) is 0 Å². The Kier molecular flexibility index (Phi) is 148. The molecule has 0 atom stereocenters. The first-order valence-corrected chi connectivity index (χ1v) is 44.5. The van der Waals surface area contributed by atoms with Crippen LogP contribution in [0.25, 0.3) is 11.1 Å². The SMILES string of the molecule is C.C.C.C.C.C.C.C.C.C.C/C(=C(\C)C(C)C)C(C)C.C/C(=C(\c1ccccc1)C(C)C)C(C)C.C/C(=C(\c1ccccc1)C(C)C)C(C)C.CC(C)/C=C\C(C)C.CC(C)C(C)(C)C(C)(C)C(C)C.CC(C)C(C)(C)C(C)C.CC(C)C=NC(C)C.CC(C)c1ccccc1C(C)C.CC(C)c1cccn1C(C)C.CC(C)c1cccn1C(C)C.[B].[B].[B].[B].[B].[B].[B].[B].[B].[B]. The molecule has 5 rings (SSSR count). The molecule has 0 saturated carbocycles. The van der Waals surface area contributed by atoms with Gasteiger partial charge in [0.05, 0.1) is 0 Å². The van der Waals surface area contributed by atoms with E-state index in [1.54, 1.807) is 11.1 Å². The molecular formula is C118H233B10N3. The van der Waals surface area contributed by atoms with Gasteiger partial charge in [-0.1, -0.05) is 471 Å². The van der Waals surface area contributed by atoms with Gasteiger partial charge in [0, 0.05) is 132 Å². The van der Waals surface area contributed by atoms with Crippen LogP contribution in [0.3, 0.4) is 0 Å². The first-order valence-electron chi connectivity index (χ1n) is 44.5. The summed E-state index contributed by atoms with van der Waals surface area (Å²) >= 11 is 0. The summed E-state index contributed by atoms with van der Waals surface area (Å²) < 4.78 is 4.65. The average molecular weight is 1800 g/mol. The molecular weight excluding hydrogens is 1570 g/mol. The van der Waals surface area contributed by atoms with Crippen LogP contribution in [0.2, 0.25) is 0 Å². The van der Waals surface area contributed by atoms with Crippen LogP contribution in [0, 0.1) is 93.2 Å². The van der Waals surface area contributed by atoms with Gasteiger partial charge in [-0.2, -0.15) is 0 Å². The molecule has 0 bridgehead atoms. The molecule has 0 saturated heterocycles. The topological polar surface area (TPSA) is 22.2 Å². The van der Waals surface area contributed by atoms with Gasteiger partial charge < -0.3 is 9.13 Å². The van der Waals surface area contributed by atoms with Gasteiger partial charge >= 0.3 is 0 Å². The van der Waals surface area contributed by atoms with E-state index >= 15 is 0 Å². The molecule has 0 aliphatic carbocycles. The summed E-state index contributed by atoms with van der Waals surface area (Å²) in [4.78, 5) is 4.20. The van der Waals surface area contributed by atoms with E-state index in [-0.39, 0.29) is 158 Å². The number of allylic oxidation sites excluding steroid dienone is 8. The van der Waals surface area contributed by atoms with Crippen LogP contribution >= 0.6 is 0 Å². The van der Waals surface area contributed by atoms with Crippen molar-refractivity contribution in [2.75, 3.05) is 0 Å². The zero-order valence-electron chi connectivity index (χ0n) is 89.4. The standard InChI is InChI=1S/2C15H22.C12H18.C12H26.2C10H17N.C10H20.C9H20.C8H16.C7H15N.10CH4.10B/c2*1-11(2)13(5)15(12(3)4)14-9-7-6-8-10-14;1-9(2)11-7-5-6-8-12(11)10(3)4;1-9(2)11(5,6)12(7,8)10(3)4;2*1-8(2)10-6-5-7-11(10)9(3)4;1-7(2)9(5)10(6)8(3)4;1-7(2)9(5,6)8(3)4;1-7(2)5-6-8(3)4;1-6(2)5-8-7(3)4;;;;;;;;;;;;;;;;;;;;/h2*6-12H,1-5H3;5-10H,1-4H3;9-10H,1-8H3;2*5-9H,1-4H3;7-8H,1-6H3;7-8H,1-6H3;5-8H,1-4H3;5-7H,1-4H3;10*1H4;;;;;;;;;;/b2*15-13+;;;;;10-9-;;6-5-;;;;;;;;;;;;;;;;;;;;;. The fraction of sp³-hybridized carbons (Fsp3) is 0.703. The second kappa shape index (κ2) is 100.0. The molecule has 0 spiro atoms. The summed E-state index contributed by atoms with van der Waals surface area (Å²) in [6, 6.07) is 40.4. The largest absolute Gasteiger partial charge is 0.349 e. The van der Waals surface area contributed by atoms with E-state index in [9.17, 15) is 0 Å². The maximum atomic E-state index is 4.20. The first kappa shape index (κ1) is 193. The van der Waals surface area contributed by atoms with Crippen LogP contribution in [-0.4, -0.2) is 106 Å². The minimum atomic E-state index is 0. The Labute approximate surface area is 855 Å². The smallest absolute Gasteiger partial charge is 0.0439 e. The Hall–Kier alpha value is -4.50. The second-order valence-corrected chi connectivity index (χ2v) is 39.7. The van der Waals surface area contributed by atoms with E-state index in [1.165, 1.54) is 55.9 Å². The number of nitrogens with zero attached hydrogens (tertiary/aromatic N) is 3. The van der Waals surface area contributed by atoms with Crippen molar-refractivity contribution in [2.24, 2.45) is 98.2 Å². The highest BCUT2D eigenvalue weighted by molar-refractivity contribution is 5.77. The van der Waals surface area contributed by atoms with Crippen LogP contribution < -0.4 is 0 Å². The number of aliphatic imine (C=N–C) groups is 1. The summed E-state index contributed by atoms with van der Waals surface area (Å²) in [6.45, 7) is 113. The van der Waals surface area contributed by atoms with Crippen LogP contribution in [0.5, 0.6) is 0 Å². The van der Waals surface area contributed by atoms with E-state index in [0.717, 1.165) is 23.7 Å². The molecule has 0 N–H and O–H groups in total. The number of rotatable bonds is 23. The minimum Gasteiger partial charge on any atom is -0.349 e. The Bertz CT molecular complexity index is 3000. The highest BCUT2D eigenvalue weighted by Gasteiger charge is 2.41. The van der Waals surface area contributed by atoms with Crippen molar-refractivity contribution in [1.29, 1.82) is 0 Å². The summed E-state index contributed by atoms with van der Waals surface area (Å²) in [5.41, 5.74) is 19.1. The van der Waals surface area contributed by atoms with Crippen LogP contribution in [0.15, 0.2) is 161 Å². The van der Waals surface area contributed by atoms with E-state index in [4.69, 9.17) is 0 Å². The van der Waals surface area contributed by atoms with Gasteiger partial charge in [0.15, 0.2) is 0 Å². The van der Waals surface area contributed by atoms with E-state index < -0.39 is 0 Å². The van der Waals surface area contributed by atoms with Crippen molar-refractivity contribution in [3.63, 3.8) is 0 Å². The number of aromatic nitrogens is 2. The molecule has 750 valence electrons. The summed E-state index contributed by atoms with van der Waals surface area (Å²) in [6.07, 6.45) is 10.8. The lowest BCUT2D eigenvalue weighted by molar-refractivity contribution is 0.0135. The minimum absolute atomic E-state index is 0. The first-order chi connectivity index (χ1) is 50.7. The third-order valence-corrected chi connectivity index (χ3v) is 23.5. The van der Waals surface area contributed by atoms with Gasteiger partial charge in [0.2, 0.25) is 0 Å². The van der Waals surface area contributed by atoms with Gasteiger partial charge in [-0.25, -0.2) is 0 Å². The maximum absolute atomic E-state index is 4.20. The summed E-state index contributed by atoms with van der Waals surface area (Å²) in [5, 5.41) is 0. The quantitative estimate of drug-likeness (QED) is 0.0353. The van der Waals surface area contributed by atoms with Crippen LogP contribution in [0.1, 0.15) is 490 Å². The number of hydrogen-bond donors (Lipinski definition) is 0. The predicted molar refractivity (Wildman–Crippen MR) is 641 cm³/mol. The van der Waals surface area contributed by atoms with Crippen LogP contribution in [-0.2, 0) is 0 Å². The van der Waals surface area contributed by atoms with Crippen LogP contribution in [0.4, 0.5) is 0 Å². The lowest BCUT2D eigenvalue weighted by Crippen LogP contribution is -2.40. The van der Waals surface area contributed by atoms with Gasteiger partial charge in [-0.15, -0.1) is 0 Å². The van der Waals surface area contributed by atoms with Crippen molar-refractivity contribution in [1.82, 2.24) is 9.13 Å². The third kappa shape index (κ3) is 81.2. The molecule has 5 aromatic rings. The highest BCUT2D eigenvalue weighted by atomic mass is 15.0. The van der Waals surface area contributed by atoms with Crippen molar-refractivity contribution < 1.29 is 0 Å². The molecule has 2 heterocycles. The third-order valence-electron chi connectivity index (χ3n) is 23.5. The van der Waals surface area contributed by atoms with Crippen molar-refractivity contribution in [3.8, 4) is 0 Å². The average Bonchev–Trinajstić information content (AvgIpc) is 1.33. The highest BCUT2D eigenvalue weighted by Crippen LogP contribution is 2.49. The zero-order chi connectivity index (χ0) is 88.1. The Morgan fingerprint density at radius 3 is 0.611 bits per heavy atom. The van der Waals surface area contributed by atoms with Gasteiger partial charge in [-0.05, 0) is 244 Å². The molecule has 0 fully saturated rings. The zero-order valence-corrected chi connectivity index (χ0v) is 89.4. The molecule has 0 aliphatic rings. The summed E-state index contributed by atoms with van der Waals surface area (Å²) in [5.74, 6) is 11.5. The Morgan fingerprint density at radius 1 is 0.260 bits per heavy atom. The number of benzene rings is 3.